The van der Waals surface area contributed by atoms with Gasteiger partial charge < -0.3 is 10.5 Å². The third-order valence-corrected chi connectivity index (χ3v) is 1.89. The Kier molecular flexibility index (Phi) is 2.89. The number of hydrogen-bond acceptors (Lipinski definition) is 2. The van der Waals surface area contributed by atoms with Crippen molar-refractivity contribution in [2.45, 2.75) is 6.36 Å². The first-order valence-electron chi connectivity index (χ1n) is 3.30. The van der Waals surface area contributed by atoms with E-state index in [9.17, 15) is 17.6 Å². The molecule has 0 saturated carbocycles. The number of anilines is 1. The predicted molar refractivity (Wildman–Crippen MR) is 45.2 cm³/mol. The van der Waals surface area contributed by atoms with E-state index in [0.29, 0.717) is 0 Å². The highest BCUT2D eigenvalue weighted by Crippen LogP contribution is 2.32. The van der Waals surface area contributed by atoms with Gasteiger partial charge in [-0.25, -0.2) is 4.39 Å². The van der Waals surface area contributed by atoms with Crippen molar-refractivity contribution in [3.63, 3.8) is 0 Å². The molecular formula is C7H4BrF4NO. The van der Waals surface area contributed by atoms with Crippen LogP contribution in [-0.4, -0.2) is 6.36 Å². The molecule has 0 heterocycles. The van der Waals surface area contributed by atoms with Crippen LogP contribution in [0.5, 0.6) is 5.75 Å². The van der Waals surface area contributed by atoms with Crippen molar-refractivity contribution < 1.29 is 22.3 Å². The zero-order valence-electron chi connectivity index (χ0n) is 6.53. The van der Waals surface area contributed by atoms with Gasteiger partial charge in [0, 0.05) is 6.07 Å². The topological polar surface area (TPSA) is 35.2 Å². The molecule has 0 aromatic heterocycles. The predicted octanol–water partition coefficient (Wildman–Crippen LogP) is 3.07. The van der Waals surface area contributed by atoms with Crippen molar-refractivity contribution >= 4 is 21.6 Å². The Hall–Kier alpha value is -0.980. The van der Waals surface area contributed by atoms with Crippen LogP contribution in [0.25, 0.3) is 0 Å². The molecule has 1 aromatic carbocycles. The maximum absolute atomic E-state index is 12.7. The normalized spacial score (nSPS) is 11.5. The van der Waals surface area contributed by atoms with Gasteiger partial charge in [0.15, 0.2) is 5.75 Å². The van der Waals surface area contributed by atoms with Gasteiger partial charge in [0.2, 0.25) is 0 Å². The number of benzene rings is 1. The fraction of sp³-hybridized carbons (Fsp3) is 0.143. The second-order valence-electron chi connectivity index (χ2n) is 2.35. The highest BCUT2D eigenvalue weighted by Gasteiger charge is 2.32. The minimum absolute atomic E-state index is 0.147. The van der Waals surface area contributed by atoms with Crippen LogP contribution in [0.2, 0.25) is 0 Å². The Bertz CT molecular complexity index is 352. The van der Waals surface area contributed by atoms with Crippen LogP contribution in [0.3, 0.4) is 0 Å². The number of nitrogen functional groups attached to an aromatic ring is 1. The van der Waals surface area contributed by atoms with Gasteiger partial charge in [0.05, 0.1) is 10.2 Å². The molecule has 78 valence electrons. The third-order valence-electron chi connectivity index (χ3n) is 1.28. The van der Waals surface area contributed by atoms with Gasteiger partial charge in [-0.2, -0.15) is 0 Å². The molecule has 0 bridgehead atoms. The highest BCUT2D eigenvalue weighted by molar-refractivity contribution is 9.10. The van der Waals surface area contributed by atoms with E-state index < -0.39 is 23.6 Å². The molecule has 0 aliphatic rings. The average molecular weight is 274 g/mol. The van der Waals surface area contributed by atoms with E-state index in [1.54, 1.807) is 0 Å². The molecular weight excluding hydrogens is 270 g/mol. The van der Waals surface area contributed by atoms with Gasteiger partial charge in [-0.15, -0.1) is 13.2 Å². The molecule has 1 aromatic rings. The monoisotopic (exact) mass is 273 g/mol. The van der Waals surface area contributed by atoms with E-state index in [-0.39, 0.29) is 4.47 Å². The highest BCUT2D eigenvalue weighted by atomic mass is 79.9. The molecule has 0 atom stereocenters. The van der Waals surface area contributed by atoms with Gasteiger partial charge in [-0.1, -0.05) is 0 Å². The van der Waals surface area contributed by atoms with E-state index in [4.69, 9.17) is 5.73 Å². The summed E-state index contributed by atoms with van der Waals surface area (Å²) in [6, 6.07) is 1.56. The van der Waals surface area contributed by atoms with Crippen LogP contribution in [0, 0.1) is 5.82 Å². The Balaban J connectivity index is 3.04. The van der Waals surface area contributed by atoms with Crippen molar-refractivity contribution in [2.24, 2.45) is 0 Å². The Labute approximate surface area is 84.8 Å². The van der Waals surface area contributed by atoms with Crippen molar-refractivity contribution in [1.29, 1.82) is 0 Å². The number of ether oxygens (including phenoxy) is 1. The molecule has 0 amide bonds. The minimum Gasteiger partial charge on any atom is -0.404 e. The number of halogens is 5. The van der Waals surface area contributed by atoms with Crippen LogP contribution in [0.4, 0.5) is 23.2 Å². The summed E-state index contributed by atoms with van der Waals surface area (Å²) in [6.07, 6.45) is -4.84. The quantitative estimate of drug-likeness (QED) is 0.631. The number of alkyl halides is 3. The summed E-state index contributed by atoms with van der Waals surface area (Å²) in [5.41, 5.74) is 4.70. The zero-order valence-corrected chi connectivity index (χ0v) is 8.12. The molecule has 0 unspecified atom stereocenters. The number of hydrogen-bond donors (Lipinski definition) is 1. The lowest BCUT2D eigenvalue weighted by Crippen LogP contribution is -2.18. The summed E-state index contributed by atoms with van der Waals surface area (Å²) < 4.78 is 51.4. The van der Waals surface area contributed by atoms with E-state index in [1.165, 1.54) is 0 Å². The van der Waals surface area contributed by atoms with E-state index in [0.717, 1.165) is 12.1 Å². The molecule has 0 aliphatic heterocycles. The molecule has 0 spiro atoms. The van der Waals surface area contributed by atoms with Crippen molar-refractivity contribution in [3.8, 4) is 5.75 Å². The second kappa shape index (κ2) is 3.64. The van der Waals surface area contributed by atoms with Crippen LogP contribution < -0.4 is 10.5 Å². The number of rotatable bonds is 1. The third kappa shape index (κ3) is 2.76. The Morgan fingerprint density at radius 2 is 1.86 bits per heavy atom. The lowest BCUT2D eigenvalue weighted by Gasteiger charge is -2.11. The molecule has 7 heteroatoms. The molecule has 0 aliphatic carbocycles. The maximum atomic E-state index is 12.7. The molecule has 1 rings (SSSR count). The maximum Gasteiger partial charge on any atom is 0.573 e. The molecule has 2 nitrogen and oxygen atoms in total. The van der Waals surface area contributed by atoms with Crippen LogP contribution >= 0.6 is 15.9 Å². The number of nitrogens with two attached hydrogens (primary N) is 1. The average Bonchev–Trinajstić information content (AvgIpc) is 1.97. The molecule has 2 N–H and O–H groups in total. The van der Waals surface area contributed by atoms with Crippen LogP contribution in [-0.2, 0) is 0 Å². The molecule has 0 radical (unpaired) electrons. The second-order valence-corrected chi connectivity index (χ2v) is 3.21. The van der Waals surface area contributed by atoms with Gasteiger partial charge in [-0.3, -0.25) is 0 Å². The van der Waals surface area contributed by atoms with E-state index in [1.807, 2.05) is 0 Å². The Morgan fingerprint density at radius 3 is 2.36 bits per heavy atom. The van der Waals surface area contributed by atoms with Gasteiger partial charge in [0.1, 0.15) is 5.82 Å². The molecule has 14 heavy (non-hydrogen) atoms. The summed E-state index contributed by atoms with van der Waals surface area (Å²) >= 11 is 2.71. The van der Waals surface area contributed by atoms with Gasteiger partial charge in [0.25, 0.3) is 0 Å². The fourth-order valence-corrected chi connectivity index (χ4v) is 1.08. The first-order valence-corrected chi connectivity index (χ1v) is 4.09. The minimum atomic E-state index is -4.84. The zero-order chi connectivity index (χ0) is 10.9. The first kappa shape index (κ1) is 11.1. The Morgan fingerprint density at radius 1 is 1.29 bits per heavy atom. The summed E-state index contributed by atoms with van der Waals surface area (Å²) in [7, 11) is 0. The fourth-order valence-electron chi connectivity index (χ4n) is 0.757. The summed E-state index contributed by atoms with van der Waals surface area (Å²) in [5.74, 6) is -1.39. The van der Waals surface area contributed by atoms with Crippen LogP contribution in [0.15, 0.2) is 16.6 Å². The summed E-state index contributed by atoms with van der Waals surface area (Å²) in [6.45, 7) is 0. The van der Waals surface area contributed by atoms with Crippen molar-refractivity contribution in [2.75, 3.05) is 5.73 Å². The van der Waals surface area contributed by atoms with Crippen molar-refractivity contribution in [1.82, 2.24) is 0 Å². The smallest absolute Gasteiger partial charge is 0.404 e. The van der Waals surface area contributed by atoms with Crippen LogP contribution in [0.1, 0.15) is 0 Å². The lowest BCUT2D eigenvalue weighted by molar-refractivity contribution is -0.274. The molecule has 0 saturated heterocycles. The SMILES string of the molecule is Nc1cc(F)c(Br)cc1OC(F)(F)F. The van der Waals surface area contributed by atoms with Gasteiger partial charge in [-0.05, 0) is 22.0 Å². The van der Waals surface area contributed by atoms with Crippen molar-refractivity contribution in [3.05, 3.63) is 22.4 Å². The molecule has 0 fully saturated rings. The van der Waals surface area contributed by atoms with E-state index in [2.05, 4.69) is 20.7 Å². The lowest BCUT2D eigenvalue weighted by atomic mass is 10.3. The summed E-state index contributed by atoms with van der Waals surface area (Å²) in [4.78, 5) is 0. The standard InChI is InChI=1S/C7H4BrF4NO/c8-3-1-6(14-7(10,11)12)5(13)2-4(3)9/h1-2H,13H2. The first-order chi connectivity index (χ1) is 6.29. The van der Waals surface area contributed by atoms with Gasteiger partial charge >= 0.3 is 6.36 Å². The largest absolute Gasteiger partial charge is 0.573 e. The summed E-state index contributed by atoms with van der Waals surface area (Å²) in [5, 5.41) is 0. The van der Waals surface area contributed by atoms with E-state index >= 15 is 0 Å².